The first-order valence-corrected chi connectivity index (χ1v) is 10.1. The summed E-state index contributed by atoms with van der Waals surface area (Å²) in [4.78, 5) is 25.8. The molecule has 0 aliphatic rings. The largest absolute Gasteiger partial charge is 0.326 e. The van der Waals surface area contributed by atoms with Crippen LogP contribution in [-0.4, -0.2) is 36.3 Å². The van der Waals surface area contributed by atoms with Crippen molar-refractivity contribution < 1.29 is 9.59 Å². The monoisotopic (exact) mass is 407 g/mol. The molecular weight excluding hydrogens is 378 g/mol. The molecule has 0 saturated carbocycles. The predicted molar refractivity (Wildman–Crippen MR) is 122 cm³/mol. The van der Waals surface area contributed by atoms with E-state index in [1.54, 1.807) is 54.6 Å². The number of azo groups is 1. The number of carbonyl (C=O) groups excluding carboxylic acids is 2. The molecule has 30 heavy (non-hydrogen) atoms. The van der Waals surface area contributed by atoms with E-state index in [0.29, 0.717) is 36.4 Å². The van der Waals surface area contributed by atoms with Crippen LogP contribution in [0.3, 0.4) is 0 Å². The highest BCUT2D eigenvalue weighted by molar-refractivity contribution is 5.92. The lowest BCUT2D eigenvalue weighted by molar-refractivity contribution is -0.117. The summed E-state index contributed by atoms with van der Waals surface area (Å²) in [5, 5.41) is 14.1. The molecule has 0 aromatic heterocycles. The molecule has 2 aromatic carbocycles. The van der Waals surface area contributed by atoms with Gasteiger partial charge in [0.15, 0.2) is 0 Å². The maximum absolute atomic E-state index is 12.1. The van der Waals surface area contributed by atoms with Crippen LogP contribution < -0.4 is 10.6 Å². The Kier molecular flexibility index (Phi) is 9.40. The van der Waals surface area contributed by atoms with Gasteiger partial charge in [-0.15, -0.1) is 6.58 Å². The number of anilines is 2. The Morgan fingerprint density at radius 2 is 1.33 bits per heavy atom. The SMILES string of the molecule is C=CCCC(=O)Nc1ccc(/N=N/c2ccc(NC(=O)CN(CC)CC)cc2)cc1. The number of amides is 2. The molecule has 2 N–H and O–H groups in total. The molecule has 2 rings (SSSR count). The highest BCUT2D eigenvalue weighted by Crippen LogP contribution is 2.22. The van der Waals surface area contributed by atoms with Crippen molar-refractivity contribution >= 4 is 34.6 Å². The van der Waals surface area contributed by atoms with Gasteiger partial charge in [-0.1, -0.05) is 19.9 Å². The van der Waals surface area contributed by atoms with Gasteiger partial charge in [-0.2, -0.15) is 10.2 Å². The maximum Gasteiger partial charge on any atom is 0.238 e. The summed E-state index contributed by atoms with van der Waals surface area (Å²) in [6.45, 7) is 9.72. The molecule has 0 radical (unpaired) electrons. The zero-order chi connectivity index (χ0) is 21.8. The number of hydrogen-bond acceptors (Lipinski definition) is 5. The molecule has 0 fully saturated rings. The maximum atomic E-state index is 12.1. The Balaban J connectivity index is 1.88. The van der Waals surface area contributed by atoms with Gasteiger partial charge in [0.25, 0.3) is 0 Å². The lowest BCUT2D eigenvalue weighted by Gasteiger charge is -2.17. The van der Waals surface area contributed by atoms with E-state index in [4.69, 9.17) is 0 Å². The Labute approximate surface area is 177 Å². The highest BCUT2D eigenvalue weighted by Gasteiger charge is 2.07. The summed E-state index contributed by atoms with van der Waals surface area (Å²) in [5.74, 6) is -0.0849. The number of hydrogen-bond donors (Lipinski definition) is 2. The molecule has 0 spiro atoms. The van der Waals surface area contributed by atoms with Gasteiger partial charge in [0, 0.05) is 17.8 Å². The molecule has 0 aliphatic heterocycles. The van der Waals surface area contributed by atoms with E-state index in [9.17, 15) is 9.59 Å². The first-order valence-electron chi connectivity index (χ1n) is 10.1. The van der Waals surface area contributed by atoms with Gasteiger partial charge in [-0.05, 0) is 68.0 Å². The van der Waals surface area contributed by atoms with Crippen molar-refractivity contribution in [3.05, 3.63) is 61.2 Å². The number of likely N-dealkylation sites (N-methyl/N-ethyl adjacent to an activating group) is 1. The zero-order valence-corrected chi connectivity index (χ0v) is 17.6. The lowest BCUT2D eigenvalue weighted by atomic mass is 10.2. The van der Waals surface area contributed by atoms with Crippen LogP contribution in [0.1, 0.15) is 26.7 Å². The Bertz CT molecular complexity index is 856. The molecule has 7 nitrogen and oxygen atoms in total. The topological polar surface area (TPSA) is 86.2 Å². The zero-order valence-electron chi connectivity index (χ0n) is 17.6. The van der Waals surface area contributed by atoms with E-state index in [-0.39, 0.29) is 11.8 Å². The van der Waals surface area contributed by atoms with Crippen molar-refractivity contribution in [3.8, 4) is 0 Å². The van der Waals surface area contributed by atoms with Gasteiger partial charge in [-0.3, -0.25) is 14.5 Å². The third kappa shape index (κ3) is 7.97. The normalized spacial score (nSPS) is 10.9. The smallest absolute Gasteiger partial charge is 0.238 e. The summed E-state index contributed by atoms with van der Waals surface area (Å²) in [5.41, 5.74) is 2.80. The number of benzene rings is 2. The minimum Gasteiger partial charge on any atom is -0.326 e. The fraction of sp³-hybridized carbons (Fsp3) is 0.304. The van der Waals surface area contributed by atoms with E-state index in [1.807, 2.05) is 13.8 Å². The minimum atomic E-state index is -0.0476. The second kappa shape index (κ2) is 12.3. The molecule has 0 aliphatic carbocycles. The van der Waals surface area contributed by atoms with E-state index in [2.05, 4.69) is 32.3 Å². The molecule has 0 saturated heterocycles. The van der Waals surface area contributed by atoms with Crippen LogP contribution in [0.15, 0.2) is 71.4 Å². The lowest BCUT2D eigenvalue weighted by Crippen LogP contribution is -2.32. The Hall–Kier alpha value is -3.32. The molecule has 158 valence electrons. The number of rotatable bonds is 11. The van der Waals surface area contributed by atoms with Crippen molar-refractivity contribution in [2.45, 2.75) is 26.7 Å². The molecule has 0 unspecified atom stereocenters. The Morgan fingerprint density at radius 1 is 0.867 bits per heavy atom. The van der Waals surface area contributed by atoms with E-state index >= 15 is 0 Å². The average molecular weight is 408 g/mol. The van der Waals surface area contributed by atoms with Crippen LogP contribution >= 0.6 is 0 Å². The van der Waals surface area contributed by atoms with E-state index < -0.39 is 0 Å². The van der Waals surface area contributed by atoms with Crippen molar-refractivity contribution in [2.75, 3.05) is 30.3 Å². The highest BCUT2D eigenvalue weighted by atomic mass is 16.2. The number of nitrogens with zero attached hydrogens (tertiary/aromatic N) is 3. The number of nitrogens with one attached hydrogen (secondary N) is 2. The van der Waals surface area contributed by atoms with Crippen molar-refractivity contribution in [2.24, 2.45) is 10.2 Å². The second-order valence-corrected chi connectivity index (χ2v) is 6.68. The molecule has 0 bridgehead atoms. The van der Waals surface area contributed by atoms with Crippen LogP contribution in [-0.2, 0) is 9.59 Å². The molecule has 0 atom stereocenters. The molecule has 2 amide bonds. The number of allylic oxidation sites excluding steroid dienone is 1. The first kappa shape index (κ1) is 23.0. The number of carbonyl (C=O) groups is 2. The van der Waals surface area contributed by atoms with Gasteiger partial charge < -0.3 is 10.6 Å². The van der Waals surface area contributed by atoms with Gasteiger partial charge in [0.2, 0.25) is 11.8 Å². The fourth-order valence-corrected chi connectivity index (χ4v) is 2.65. The fourth-order valence-electron chi connectivity index (χ4n) is 2.65. The van der Waals surface area contributed by atoms with Gasteiger partial charge >= 0.3 is 0 Å². The second-order valence-electron chi connectivity index (χ2n) is 6.68. The summed E-state index contributed by atoms with van der Waals surface area (Å²) in [7, 11) is 0. The van der Waals surface area contributed by atoms with E-state index in [0.717, 1.165) is 18.8 Å². The van der Waals surface area contributed by atoms with Crippen LogP contribution in [0.25, 0.3) is 0 Å². The summed E-state index contributed by atoms with van der Waals surface area (Å²) in [6, 6.07) is 14.3. The molecular formula is C23H29N5O2. The first-order chi connectivity index (χ1) is 14.5. The Morgan fingerprint density at radius 3 is 1.77 bits per heavy atom. The summed E-state index contributed by atoms with van der Waals surface area (Å²) < 4.78 is 0. The van der Waals surface area contributed by atoms with Crippen molar-refractivity contribution in [1.29, 1.82) is 0 Å². The third-order valence-corrected chi connectivity index (χ3v) is 4.42. The van der Waals surface area contributed by atoms with Crippen LogP contribution in [0, 0.1) is 0 Å². The minimum absolute atomic E-state index is 0.0373. The average Bonchev–Trinajstić information content (AvgIpc) is 2.76. The quantitative estimate of drug-likeness (QED) is 0.392. The summed E-state index contributed by atoms with van der Waals surface area (Å²) in [6.07, 6.45) is 2.78. The standard InChI is InChI=1S/C23H29N5O2/c1-4-7-8-22(29)24-18-9-13-20(14-10-18)26-27-21-15-11-19(12-16-21)25-23(30)17-28(5-2)6-3/h4,9-16H,1,5-8,17H2,2-3H3,(H,24,29)(H,25,30)/b27-26+. The van der Waals surface area contributed by atoms with Gasteiger partial charge in [-0.25, -0.2) is 0 Å². The molecule has 0 heterocycles. The van der Waals surface area contributed by atoms with Crippen LogP contribution in [0.4, 0.5) is 22.7 Å². The predicted octanol–water partition coefficient (Wildman–Crippen LogP) is 5.29. The van der Waals surface area contributed by atoms with Crippen LogP contribution in [0.5, 0.6) is 0 Å². The van der Waals surface area contributed by atoms with Gasteiger partial charge in [0.1, 0.15) is 0 Å². The van der Waals surface area contributed by atoms with Crippen molar-refractivity contribution in [1.82, 2.24) is 4.90 Å². The summed E-state index contributed by atoms with van der Waals surface area (Å²) >= 11 is 0. The van der Waals surface area contributed by atoms with Crippen LogP contribution in [0.2, 0.25) is 0 Å². The molecule has 7 heteroatoms. The third-order valence-electron chi connectivity index (χ3n) is 4.42. The van der Waals surface area contributed by atoms with E-state index in [1.165, 1.54) is 0 Å². The molecule has 2 aromatic rings. The van der Waals surface area contributed by atoms with Gasteiger partial charge in [0.05, 0.1) is 17.9 Å². The van der Waals surface area contributed by atoms with Crippen molar-refractivity contribution in [3.63, 3.8) is 0 Å².